The Balaban J connectivity index is 1.55. The Morgan fingerprint density at radius 1 is 1.09 bits per heavy atom. The first-order valence-electron chi connectivity index (χ1n) is 7.60. The third kappa shape index (κ3) is 4.34. The summed E-state index contributed by atoms with van der Waals surface area (Å²) in [6.45, 7) is 2.30. The normalized spacial score (nSPS) is 16.3. The average Bonchev–Trinajstić information content (AvgIpc) is 3.00. The Labute approximate surface area is 142 Å². The second kappa shape index (κ2) is 7.95. The summed E-state index contributed by atoms with van der Waals surface area (Å²) < 4.78 is 0. The molecule has 0 amide bonds. The number of halogens is 1. The molecule has 0 unspecified atom stereocenters. The fourth-order valence-corrected chi connectivity index (χ4v) is 2.72. The molecule has 1 aliphatic rings. The molecule has 1 aliphatic carbocycles. The number of aliphatic hydroxyl groups is 1. The van der Waals surface area contributed by atoms with Crippen LogP contribution in [-0.2, 0) is 0 Å². The molecular weight excluding hydrogens is 310 g/mol. The molecule has 5 heteroatoms. The van der Waals surface area contributed by atoms with Crippen LogP contribution in [0.5, 0.6) is 0 Å². The molecule has 0 atom stereocenters. The number of aliphatic hydroxyl groups excluding tert-OH is 1. The third-order valence-electron chi connectivity index (χ3n) is 3.69. The Morgan fingerprint density at radius 3 is 2.74 bits per heavy atom. The van der Waals surface area contributed by atoms with Gasteiger partial charge in [0.1, 0.15) is 0 Å². The summed E-state index contributed by atoms with van der Waals surface area (Å²) in [6.07, 6.45) is 8.17. The van der Waals surface area contributed by atoms with E-state index in [1.165, 1.54) is 11.8 Å². The molecule has 5 radical (unpaired) electrons. The molecule has 0 aliphatic heterocycles. The van der Waals surface area contributed by atoms with E-state index in [0.29, 0.717) is 11.6 Å². The van der Waals surface area contributed by atoms with E-state index in [2.05, 4.69) is 34.9 Å². The lowest BCUT2D eigenvalue weighted by molar-refractivity contribution is 0.293. The minimum absolute atomic E-state index is 0.161. The van der Waals surface area contributed by atoms with Gasteiger partial charge in [-0.15, -0.1) is 0 Å². The van der Waals surface area contributed by atoms with Gasteiger partial charge in [0.15, 0.2) is 0 Å². The lowest BCUT2D eigenvalue weighted by Gasteiger charge is -2.14. The van der Waals surface area contributed by atoms with Crippen molar-refractivity contribution in [3.63, 3.8) is 0 Å². The van der Waals surface area contributed by atoms with Crippen LogP contribution in [0.4, 0.5) is 5.69 Å². The van der Waals surface area contributed by atoms with Crippen LogP contribution in [0.2, 0.25) is 5.02 Å². The highest BCUT2D eigenvalue weighted by molar-refractivity contribution is 6.31. The molecule has 1 heterocycles. The highest BCUT2D eigenvalue weighted by atomic mass is 35.5. The Kier molecular flexibility index (Phi) is 5.70. The highest BCUT2D eigenvalue weighted by Gasteiger charge is 2.26. The van der Waals surface area contributed by atoms with Gasteiger partial charge in [0.05, 0.1) is 12.1 Å². The number of rotatable bonds is 7. The van der Waals surface area contributed by atoms with E-state index in [0.717, 1.165) is 29.7 Å². The van der Waals surface area contributed by atoms with Crippen molar-refractivity contribution in [2.75, 3.05) is 31.6 Å². The van der Waals surface area contributed by atoms with Crippen molar-refractivity contribution in [2.24, 2.45) is 0 Å². The van der Waals surface area contributed by atoms with Crippen LogP contribution in [0.1, 0.15) is 0 Å². The van der Waals surface area contributed by atoms with Gasteiger partial charge in [-0.25, -0.2) is 0 Å². The molecular formula is C18H19ClN3O. The zero-order valence-corrected chi connectivity index (χ0v) is 13.5. The van der Waals surface area contributed by atoms with Crippen LogP contribution in [-0.4, -0.2) is 36.3 Å². The van der Waals surface area contributed by atoms with Gasteiger partial charge in [0.2, 0.25) is 0 Å². The predicted octanol–water partition coefficient (Wildman–Crippen LogP) is 2.66. The third-order valence-corrected chi connectivity index (χ3v) is 3.92. The molecule has 119 valence electrons. The Morgan fingerprint density at radius 2 is 1.91 bits per heavy atom. The maximum absolute atomic E-state index is 8.78. The first-order valence-corrected chi connectivity index (χ1v) is 7.98. The van der Waals surface area contributed by atoms with Crippen LogP contribution >= 0.6 is 11.6 Å². The number of nitrogens with one attached hydrogen (secondary N) is 2. The van der Waals surface area contributed by atoms with Gasteiger partial charge in [-0.05, 0) is 49.4 Å². The van der Waals surface area contributed by atoms with Crippen molar-refractivity contribution in [1.29, 1.82) is 0 Å². The number of benzene rings is 1. The fraction of sp³-hybridized carbons (Fsp3) is 0.222. The van der Waals surface area contributed by atoms with Gasteiger partial charge in [0, 0.05) is 47.8 Å². The van der Waals surface area contributed by atoms with Crippen molar-refractivity contribution < 1.29 is 5.11 Å². The van der Waals surface area contributed by atoms with Crippen LogP contribution in [0.3, 0.4) is 0 Å². The summed E-state index contributed by atoms with van der Waals surface area (Å²) in [4.78, 5) is 4.35. The molecule has 3 rings (SSSR count). The van der Waals surface area contributed by atoms with Crippen molar-refractivity contribution in [1.82, 2.24) is 10.3 Å². The molecule has 1 fully saturated rings. The number of fused-ring (bicyclic) bond motifs is 1. The topological polar surface area (TPSA) is 57.2 Å². The first kappa shape index (κ1) is 16.5. The number of hydrogen-bond acceptors (Lipinski definition) is 4. The highest BCUT2D eigenvalue weighted by Crippen LogP contribution is 2.32. The SMILES string of the molecule is OCCNC[C]1[CH][CH][C](CNc2ccnc3cc(Cl)ccc23)[CH]1. The monoisotopic (exact) mass is 328 g/mol. The summed E-state index contributed by atoms with van der Waals surface area (Å²) in [5, 5.41) is 17.2. The van der Waals surface area contributed by atoms with Crippen molar-refractivity contribution in [3.8, 4) is 0 Å². The van der Waals surface area contributed by atoms with Crippen LogP contribution in [0.15, 0.2) is 30.5 Å². The Bertz CT molecular complexity index is 649. The molecule has 2 aromatic rings. The van der Waals surface area contributed by atoms with Crippen molar-refractivity contribution in [2.45, 2.75) is 0 Å². The molecule has 4 nitrogen and oxygen atoms in total. The van der Waals surface area contributed by atoms with Crippen molar-refractivity contribution in [3.05, 3.63) is 66.6 Å². The summed E-state index contributed by atoms with van der Waals surface area (Å²) in [6, 6.07) is 7.71. The van der Waals surface area contributed by atoms with Gasteiger partial charge in [-0.2, -0.15) is 0 Å². The Hall–Kier alpha value is -1.36. The lowest BCUT2D eigenvalue weighted by Crippen LogP contribution is -2.24. The first-order chi connectivity index (χ1) is 11.3. The maximum Gasteiger partial charge on any atom is 0.0737 e. The summed E-state index contributed by atoms with van der Waals surface area (Å²) in [5.41, 5.74) is 1.94. The number of hydrogen-bond donors (Lipinski definition) is 3. The van der Waals surface area contributed by atoms with Crippen molar-refractivity contribution >= 4 is 28.2 Å². The van der Waals surface area contributed by atoms with E-state index >= 15 is 0 Å². The average molecular weight is 329 g/mol. The minimum Gasteiger partial charge on any atom is -0.395 e. The molecule has 1 aromatic heterocycles. The predicted molar refractivity (Wildman–Crippen MR) is 94.6 cm³/mol. The molecule has 1 saturated carbocycles. The van der Waals surface area contributed by atoms with E-state index in [-0.39, 0.29) is 6.61 Å². The number of nitrogens with zero attached hydrogens (tertiary/aromatic N) is 1. The zero-order chi connectivity index (χ0) is 16.1. The summed E-state index contributed by atoms with van der Waals surface area (Å²) in [7, 11) is 0. The maximum atomic E-state index is 8.78. The minimum atomic E-state index is 0.161. The molecule has 1 aromatic carbocycles. The molecule has 0 saturated heterocycles. The zero-order valence-electron chi connectivity index (χ0n) is 12.7. The van der Waals surface area contributed by atoms with Gasteiger partial charge in [-0.1, -0.05) is 11.6 Å². The molecule has 0 bridgehead atoms. The smallest absolute Gasteiger partial charge is 0.0737 e. The van der Waals surface area contributed by atoms with Gasteiger partial charge >= 0.3 is 0 Å². The second-order valence-corrected chi connectivity index (χ2v) is 5.84. The molecule has 23 heavy (non-hydrogen) atoms. The summed E-state index contributed by atoms with van der Waals surface area (Å²) in [5.74, 6) is 2.45. The van der Waals surface area contributed by atoms with Crippen LogP contribution in [0, 0.1) is 31.1 Å². The number of aromatic nitrogens is 1. The van der Waals surface area contributed by atoms with Gasteiger partial charge in [0.25, 0.3) is 0 Å². The molecule has 0 spiro atoms. The van der Waals surface area contributed by atoms with Gasteiger partial charge in [-0.3, -0.25) is 4.98 Å². The standard InChI is InChI=1S/C18H19ClN3O/c19-15-3-4-16-17(5-6-21-18(16)10-15)22-12-14-2-1-13(9-14)11-20-7-8-23/h1-6,9-10,20,23H,7-8,11-12H2,(H,21,22). The largest absolute Gasteiger partial charge is 0.395 e. The van der Waals surface area contributed by atoms with Gasteiger partial charge < -0.3 is 15.7 Å². The van der Waals surface area contributed by atoms with E-state index in [1.54, 1.807) is 6.20 Å². The van der Waals surface area contributed by atoms with E-state index in [9.17, 15) is 0 Å². The molecule has 3 N–H and O–H groups in total. The van der Waals surface area contributed by atoms with Crippen LogP contribution < -0.4 is 10.6 Å². The van der Waals surface area contributed by atoms with E-state index < -0.39 is 0 Å². The number of anilines is 1. The quantitative estimate of drug-likeness (QED) is 0.684. The summed E-state index contributed by atoms with van der Waals surface area (Å²) >= 11 is 6.02. The fourth-order valence-electron chi connectivity index (χ4n) is 2.55. The van der Waals surface area contributed by atoms with Crippen LogP contribution in [0.25, 0.3) is 10.9 Å². The van der Waals surface area contributed by atoms with E-state index in [1.807, 2.05) is 24.3 Å². The number of pyridine rings is 1. The lowest BCUT2D eigenvalue weighted by atomic mass is 10.0. The second-order valence-electron chi connectivity index (χ2n) is 5.40. The van der Waals surface area contributed by atoms with E-state index in [4.69, 9.17) is 16.7 Å².